The summed E-state index contributed by atoms with van der Waals surface area (Å²) in [5, 5.41) is 11.2. The Bertz CT molecular complexity index is 1130. The van der Waals surface area contributed by atoms with Crippen LogP contribution in [0.15, 0.2) is 41.4 Å². The zero-order valence-corrected chi connectivity index (χ0v) is 15.2. The van der Waals surface area contributed by atoms with Gasteiger partial charge in [0.1, 0.15) is 18.8 Å². The molecule has 138 valence electrons. The summed E-state index contributed by atoms with van der Waals surface area (Å²) in [5.74, 6) is 0.675. The molecule has 0 radical (unpaired) electrons. The molecule has 1 aromatic heterocycles. The van der Waals surface area contributed by atoms with Crippen molar-refractivity contribution < 1.29 is 19.2 Å². The van der Waals surface area contributed by atoms with Crippen molar-refractivity contribution in [2.45, 2.75) is 13.5 Å². The average molecular weight is 385 g/mol. The highest BCUT2D eigenvalue weighted by atomic mass is 32.1. The van der Waals surface area contributed by atoms with Gasteiger partial charge in [0, 0.05) is 24.7 Å². The summed E-state index contributed by atoms with van der Waals surface area (Å²) < 4.78 is 14.0. The van der Waals surface area contributed by atoms with Crippen molar-refractivity contribution in [2.75, 3.05) is 13.2 Å². The van der Waals surface area contributed by atoms with E-state index in [2.05, 4.69) is 4.99 Å². The van der Waals surface area contributed by atoms with E-state index in [9.17, 15) is 14.9 Å². The number of amides is 1. The van der Waals surface area contributed by atoms with E-state index in [0.29, 0.717) is 36.1 Å². The van der Waals surface area contributed by atoms with Crippen LogP contribution in [0.25, 0.3) is 10.2 Å². The van der Waals surface area contributed by atoms with E-state index in [0.717, 1.165) is 10.2 Å². The van der Waals surface area contributed by atoms with Crippen molar-refractivity contribution in [2.24, 2.45) is 4.99 Å². The molecule has 1 aliphatic rings. The monoisotopic (exact) mass is 385 g/mol. The maximum absolute atomic E-state index is 12.6. The number of thiazole rings is 1. The van der Waals surface area contributed by atoms with Crippen LogP contribution in [-0.2, 0) is 6.54 Å². The highest BCUT2D eigenvalue weighted by Gasteiger charge is 2.20. The van der Waals surface area contributed by atoms with Crippen LogP contribution >= 0.6 is 11.3 Å². The largest absolute Gasteiger partial charge is 0.486 e. The maximum atomic E-state index is 12.6. The van der Waals surface area contributed by atoms with Crippen LogP contribution in [0.2, 0.25) is 0 Å². The Morgan fingerprint density at radius 2 is 1.96 bits per heavy atom. The molecule has 2 aromatic carbocycles. The first kappa shape index (κ1) is 17.2. The Hall–Kier alpha value is -3.20. The molecule has 0 atom stereocenters. The van der Waals surface area contributed by atoms with Crippen LogP contribution in [0.5, 0.6) is 11.5 Å². The van der Waals surface area contributed by atoms with Crippen LogP contribution in [0.3, 0.4) is 0 Å². The molecule has 1 amide bonds. The molecule has 1 aliphatic heterocycles. The molecule has 0 unspecified atom stereocenters. The first-order valence-corrected chi connectivity index (χ1v) is 9.15. The minimum atomic E-state index is -0.645. The number of nitro benzene ring substituents is 1. The van der Waals surface area contributed by atoms with E-state index in [4.69, 9.17) is 9.47 Å². The molecule has 0 saturated heterocycles. The summed E-state index contributed by atoms with van der Waals surface area (Å²) >= 11 is 1.33. The topological polar surface area (TPSA) is 96.0 Å². The van der Waals surface area contributed by atoms with Gasteiger partial charge in [0.15, 0.2) is 16.3 Å². The van der Waals surface area contributed by atoms with Crippen molar-refractivity contribution in [1.29, 1.82) is 0 Å². The fourth-order valence-corrected chi connectivity index (χ4v) is 4.06. The van der Waals surface area contributed by atoms with Gasteiger partial charge in [-0.15, -0.1) is 0 Å². The fraction of sp³-hybridized carbons (Fsp3) is 0.222. The minimum absolute atomic E-state index is 0.0337. The van der Waals surface area contributed by atoms with Gasteiger partial charge >= 0.3 is 0 Å². The van der Waals surface area contributed by atoms with Gasteiger partial charge < -0.3 is 14.0 Å². The number of ether oxygens (including phenoxy) is 2. The molecular weight excluding hydrogens is 370 g/mol. The van der Waals surface area contributed by atoms with E-state index in [1.807, 2.05) is 23.6 Å². The molecule has 9 heteroatoms. The summed E-state index contributed by atoms with van der Waals surface area (Å²) in [6.45, 7) is 3.51. The molecule has 8 nitrogen and oxygen atoms in total. The molecule has 0 bridgehead atoms. The number of benzene rings is 2. The summed E-state index contributed by atoms with van der Waals surface area (Å²) in [7, 11) is 0. The average Bonchev–Trinajstić information content (AvgIpc) is 3.01. The Kier molecular flexibility index (Phi) is 4.36. The SMILES string of the molecule is CCn1c(=NC(=O)c2ccccc2[N+](=O)[O-])sc2cc3c(cc21)OCCO3. The smallest absolute Gasteiger partial charge is 0.286 e. The van der Waals surface area contributed by atoms with Crippen molar-refractivity contribution in [3.63, 3.8) is 0 Å². The number of rotatable bonds is 3. The second-order valence-corrected chi connectivity index (χ2v) is 6.79. The zero-order chi connectivity index (χ0) is 19.0. The zero-order valence-electron chi connectivity index (χ0n) is 14.4. The highest BCUT2D eigenvalue weighted by molar-refractivity contribution is 7.16. The Balaban J connectivity index is 1.86. The normalized spacial score (nSPS) is 13.7. The van der Waals surface area contributed by atoms with Crippen LogP contribution in [0, 0.1) is 10.1 Å². The molecule has 3 aromatic rings. The molecule has 27 heavy (non-hydrogen) atoms. The van der Waals surface area contributed by atoms with Gasteiger partial charge in [-0.05, 0) is 13.0 Å². The number of aromatic nitrogens is 1. The Morgan fingerprint density at radius 1 is 1.26 bits per heavy atom. The Morgan fingerprint density at radius 3 is 2.67 bits per heavy atom. The first-order chi connectivity index (χ1) is 13.1. The molecule has 0 fully saturated rings. The van der Waals surface area contributed by atoms with Crippen molar-refractivity contribution in [1.82, 2.24) is 4.57 Å². The number of nitro groups is 1. The van der Waals surface area contributed by atoms with Crippen molar-refractivity contribution >= 4 is 33.1 Å². The lowest BCUT2D eigenvalue weighted by molar-refractivity contribution is -0.385. The van der Waals surface area contributed by atoms with Crippen LogP contribution in [0.4, 0.5) is 5.69 Å². The number of para-hydroxylation sites is 1. The first-order valence-electron chi connectivity index (χ1n) is 8.34. The predicted molar refractivity (Wildman–Crippen MR) is 99.5 cm³/mol. The van der Waals surface area contributed by atoms with Gasteiger partial charge in [-0.3, -0.25) is 14.9 Å². The number of fused-ring (bicyclic) bond motifs is 2. The van der Waals surface area contributed by atoms with Gasteiger partial charge in [-0.1, -0.05) is 23.5 Å². The van der Waals surface area contributed by atoms with Gasteiger partial charge in [0.2, 0.25) is 0 Å². The van der Waals surface area contributed by atoms with E-state index < -0.39 is 10.8 Å². The number of hydrogen-bond acceptors (Lipinski definition) is 6. The molecule has 0 spiro atoms. The van der Waals surface area contributed by atoms with Crippen LogP contribution in [0.1, 0.15) is 17.3 Å². The lowest BCUT2D eigenvalue weighted by Gasteiger charge is -2.18. The summed E-state index contributed by atoms with van der Waals surface area (Å²) in [4.78, 5) is 27.8. The molecule has 2 heterocycles. The Labute approximate surface area is 157 Å². The third-order valence-electron chi connectivity index (χ3n) is 4.19. The van der Waals surface area contributed by atoms with Crippen LogP contribution in [-0.4, -0.2) is 28.6 Å². The predicted octanol–water partition coefficient (Wildman–Crippen LogP) is 3.14. The maximum Gasteiger partial charge on any atom is 0.286 e. The fourth-order valence-electron chi connectivity index (χ4n) is 2.96. The lowest BCUT2D eigenvalue weighted by atomic mass is 10.2. The number of carbonyl (C=O) groups excluding carboxylic acids is 1. The van der Waals surface area contributed by atoms with E-state index in [1.54, 1.807) is 6.07 Å². The van der Waals surface area contributed by atoms with Gasteiger partial charge in [-0.25, -0.2) is 0 Å². The summed E-state index contributed by atoms with van der Waals surface area (Å²) in [6, 6.07) is 9.55. The van der Waals surface area contributed by atoms with E-state index in [1.165, 1.54) is 29.5 Å². The molecule has 0 aliphatic carbocycles. The van der Waals surface area contributed by atoms with Crippen molar-refractivity contribution in [3.05, 3.63) is 56.9 Å². The second kappa shape index (κ2) is 6.84. The number of aryl methyl sites for hydroxylation is 1. The third kappa shape index (κ3) is 3.06. The molecule has 0 saturated carbocycles. The summed E-state index contributed by atoms with van der Waals surface area (Å²) in [6.07, 6.45) is 0. The van der Waals surface area contributed by atoms with Gasteiger partial charge in [0.25, 0.3) is 11.6 Å². The molecule has 4 rings (SSSR count). The van der Waals surface area contributed by atoms with Crippen LogP contribution < -0.4 is 14.3 Å². The second-order valence-electron chi connectivity index (χ2n) is 5.78. The van der Waals surface area contributed by atoms with E-state index in [-0.39, 0.29) is 11.3 Å². The van der Waals surface area contributed by atoms with Gasteiger partial charge in [0.05, 0.1) is 15.1 Å². The number of nitrogens with zero attached hydrogens (tertiary/aromatic N) is 3. The van der Waals surface area contributed by atoms with E-state index >= 15 is 0 Å². The van der Waals surface area contributed by atoms with Crippen molar-refractivity contribution in [3.8, 4) is 11.5 Å². The number of hydrogen-bond donors (Lipinski definition) is 0. The molecular formula is C18H15N3O5S. The number of carbonyl (C=O) groups is 1. The third-order valence-corrected chi connectivity index (χ3v) is 5.23. The molecule has 0 N–H and O–H groups in total. The summed E-state index contributed by atoms with van der Waals surface area (Å²) in [5.41, 5.74) is 0.585. The van der Waals surface area contributed by atoms with Gasteiger partial charge in [-0.2, -0.15) is 4.99 Å². The quantitative estimate of drug-likeness (QED) is 0.510. The minimum Gasteiger partial charge on any atom is -0.486 e. The highest BCUT2D eigenvalue weighted by Crippen LogP contribution is 2.35. The lowest BCUT2D eigenvalue weighted by Crippen LogP contribution is -2.17. The standard InChI is InChI=1S/C18H15N3O5S/c1-2-20-13-9-14-15(26-8-7-25-14)10-16(13)27-18(20)19-17(22)11-5-3-4-6-12(11)21(23)24/h3-6,9-10H,2,7-8H2,1H3.